The van der Waals surface area contributed by atoms with E-state index in [-0.39, 0.29) is 12.6 Å². The Morgan fingerprint density at radius 1 is 1.23 bits per heavy atom. The molecule has 1 saturated heterocycles. The molecular formula is C19H30N2O5. The molecule has 1 amide bonds. The van der Waals surface area contributed by atoms with Crippen LogP contribution < -0.4 is 10.2 Å². The summed E-state index contributed by atoms with van der Waals surface area (Å²) in [6.07, 6.45) is -1.61. The van der Waals surface area contributed by atoms with Gasteiger partial charge in [0.05, 0.1) is 6.10 Å². The topological polar surface area (TPSA) is 102 Å². The number of piperidine rings is 1. The van der Waals surface area contributed by atoms with E-state index < -0.39 is 23.9 Å². The Kier molecular flexibility index (Phi) is 6.86. The number of rotatable bonds is 5. The van der Waals surface area contributed by atoms with Gasteiger partial charge in [-0.1, -0.05) is 12.1 Å². The van der Waals surface area contributed by atoms with Gasteiger partial charge in [0.1, 0.15) is 17.8 Å². The third-order valence-electron chi connectivity index (χ3n) is 4.28. The molecule has 26 heavy (non-hydrogen) atoms. The van der Waals surface area contributed by atoms with Gasteiger partial charge in [-0.25, -0.2) is 4.79 Å². The zero-order valence-electron chi connectivity index (χ0n) is 15.7. The number of nitrogens with zero attached hydrogens (tertiary/aromatic N) is 1. The molecule has 0 radical (unpaired) electrons. The zero-order valence-corrected chi connectivity index (χ0v) is 15.7. The highest BCUT2D eigenvalue weighted by molar-refractivity contribution is 5.67. The molecule has 1 aromatic carbocycles. The lowest BCUT2D eigenvalue weighted by molar-refractivity contribution is 0.0129. The fourth-order valence-corrected chi connectivity index (χ4v) is 2.84. The number of aliphatic hydroxyl groups excluding tert-OH is 3. The lowest BCUT2D eigenvalue weighted by Gasteiger charge is -2.31. The quantitative estimate of drug-likeness (QED) is 0.631. The Morgan fingerprint density at radius 2 is 1.81 bits per heavy atom. The summed E-state index contributed by atoms with van der Waals surface area (Å²) >= 11 is 0. The average molecular weight is 366 g/mol. The highest BCUT2D eigenvalue weighted by Crippen LogP contribution is 2.24. The fourth-order valence-electron chi connectivity index (χ4n) is 2.84. The summed E-state index contributed by atoms with van der Waals surface area (Å²) in [5, 5.41) is 32.4. The molecular weight excluding hydrogens is 336 g/mol. The molecule has 0 aromatic heterocycles. The Bertz CT molecular complexity index is 577. The molecule has 7 nitrogen and oxygen atoms in total. The fraction of sp³-hybridized carbons (Fsp3) is 0.632. The number of hydrogen-bond donors (Lipinski definition) is 4. The van der Waals surface area contributed by atoms with Gasteiger partial charge in [-0.3, -0.25) is 0 Å². The lowest BCUT2D eigenvalue weighted by atomic mass is 10.0. The Labute approximate surface area is 154 Å². The molecule has 1 aliphatic heterocycles. The first kappa shape index (κ1) is 20.5. The van der Waals surface area contributed by atoms with Crippen LogP contribution in [-0.2, 0) is 4.74 Å². The highest BCUT2D eigenvalue weighted by atomic mass is 16.6. The van der Waals surface area contributed by atoms with Gasteiger partial charge < -0.3 is 30.3 Å². The predicted octanol–water partition coefficient (Wildman–Crippen LogP) is 1.57. The van der Waals surface area contributed by atoms with Gasteiger partial charge in [0.15, 0.2) is 0 Å². The standard InChI is InChI=1S/C19H30N2O5/c1-19(2,3)26-18(25)20-12-16(23)17(24)13-4-6-14(7-5-13)21-10-8-15(22)9-11-21/h4-7,15-17,22-24H,8-12H2,1-3H3,(H,20,25). The lowest BCUT2D eigenvalue weighted by Crippen LogP contribution is -2.38. The molecule has 1 aliphatic rings. The van der Waals surface area contributed by atoms with Crippen LogP contribution in [0.3, 0.4) is 0 Å². The number of alkyl carbamates (subject to hydrolysis) is 1. The first-order valence-corrected chi connectivity index (χ1v) is 9.01. The van der Waals surface area contributed by atoms with Crippen LogP contribution in [0.2, 0.25) is 0 Å². The average Bonchev–Trinajstić information content (AvgIpc) is 2.58. The van der Waals surface area contributed by atoms with Gasteiger partial charge in [-0.2, -0.15) is 0 Å². The number of anilines is 1. The minimum Gasteiger partial charge on any atom is -0.444 e. The van der Waals surface area contributed by atoms with Crippen molar-refractivity contribution in [1.29, 1.82) is 0 Å². The molecule has 2 atom stereocenters. The second-order valence-corrected chi connectivity index (χ2v) is 7.70. The molecule has 2 rings (SSSR count). The smallest absolute Gasteiger partial charge is 0.407 e. The molecule has 0 saturated carbocycles. The van der Waals surface area contributed by atoms with E-state index >= 15 is 0 Å². The molecule has 1 aromatic rings. The Hall–Kier alpha value is -1.83. The zero-order chi connectivity index (χ0) is 19.3. The van der Waals surface area contributed by atoms with Crippen LogP contribution in [0.1, 0.15) is 45.3 Å². The molecule has 0 bridgehead atoms. The van der Waals surface area contributed by atoms with Crippen molar-refractivity contribution < 1.29 is 24.9 Å². The van der Waals surface area contributed by atoms with E-state index in [9.17, 15) is 20.1 Å². The predicted molar refractivity (Wildman–Crippen MR) is 99.1 cm³/mol. The number of hydrogen-bond acceptors (Lipinski definition) is 6. The van der Waals surface area contributed by atoms with E-state index in [0.717, 1.165) is 31.6 Å². The summed E-state index contributed by atoms with van der Waals surface area (Å²) in [5.74, 6) is 0. The van der Waals surface area contributed by atoms with Crippen LogP contribution >= 0.6 is 0 Å². The van der Waals surface area contributed by atoms with Gasteiger partial charge in [0.2, 0.25) is 0 Å². The molecule has 7 heteroatoms. The third-order valence-corrected chi connectivity index (χ3v) is 4.28. The molecule has 1 heterocycles. The van der Waals surface area contributed by atoms with Gasteiger partial charge in [-0.05, 0) is 51.3 Å². The number of carbonyl (C=O) groups is 1. The van der Waals surface area contributed by atoms with E-state index in [4.69, 9.17) is 4.74 Å². The van der Waals surface area contributed by atoms with Crippen LogP contribution in [0.4, 0.5) is 10.5 Å². The van der Waals surface area contributed by atoms with Crippen molar-refractivity contribution in [3.8, 4) is 0 Å². The Morgan fingerprint density at radius 3 is 2.35 bits per heavy atom. The van der Waals surface area contributed by atoms with Crippen LogP contribution in [0.25, 0.3) is 0 Å². The van der Waals surface area contributed by atoms with Crippen molar-refractivity contribution in [3.63, 3.8) is 0 Å². The first-order chi connectivity index (χ1) is 12.2. The number of nitrogens with one attached hydrogen (secondary N) is 1. The van der Waals surface area contributed by atoms with Crippen molar-refractivity contribution in [1.82, 2.24) is 5.32 Å². The number of aliphatic hydroxyl groups is 3. The summed E-state index contributed by atoms with van der Waals surface area (Å²) < 4.78 is 5.10. The molecule has 0 aliphatic carbocycles. The summed E-state index contributed by atoms with van der Waals surface area (Å²) in [6, 6.07) is 7.32. The largest absolute Gasteiger partial charge is 0.444 e. The van der Waals surface area contributed by atoms with Crippen LogP contribution in [-0.4, -0.2) is 58.9 Å². The maximum absolute atomic E-state index is 11.6. The van der Waals surface area contributed by atoms with Gasteiger partial charge in [0.25, 0.3) is 0 Å². The second kappa shape index (κ2) is 8.70. The van der Waals surface area contributed by atoms with Crippen LogP contribution in [0.5, 0.6) is 0 Å². The number of amides is 1. The minimum absolute atomic E-state index is 0.109. The van der Waals surface area contributed by atoms with Gasteiger partial charge in [-0.15, -0.1) is 0 Å². The second-order valence-electron chi connectivity index (χ2n) is 7.70. The van der Waals surface area contributed by atoms with Crippen molar-refractivity contribution in [2.75, 3.05) is 24.5 Å². The van der Waals surface area contributed by atoms with Gasteiger partial charge >= 0.3 is 6.09 Å². The first-order valence-electron chi connectivity index (χ1n) is 9.01. The van der Waals surface area contributed by atoms with E-state index in [0.29, 0.717) is 5.56 Å². The van der Waals surface area contributed by atoms with E-state index in [1.54, 1.807) is 32.9 Å². The van der Waals surface area contributed by atoms with Crippen molar-refractivity contribution in [2.24, 2.45) is 0 Å². The van der Waals surface area contributed by atoms with E-state index in [1.807, 2.05) is 12.1 Å². The SMILES string of the molecule is CC(C)(C)OC(=O)NCC(O)C(O)c1ccc(N2CCC(O)CC2)cc1. The number of ether oxygens (including phenoxy) is 1. The van der Waals surface area contributed by atoms with Crippen molar-refractivity contribution in [3.05, 3.63) is 29.8 Å². The third kappa shape index (κ3) is 6.16. The van der Waals surface area contributed by atoms with Crippen molar-refractivity contribution >= 4 is 11.8 Å². The Balaban J connectivity index is 1.86. The maximum atomic E-state index is 11.6. The van der Waals surface area contributed by atoms with E-state index in [2.05, 4.69) is 10.2 Å². The van der Waals surface area contributed by atoms with Crippen LogP contribution in [0.15, 0.2) is 24.3 Å². The van der Waals surface area contributed by atoms with E-state index in [1.165, 1.54) is 0 Å². The molecule has 0 spiro atoms. The molecule has 1 fully saturated rings. The number of benzene rings is 1. The normalized spacial score (nSPS) is 18.3. The molecule has 4 N–H and O–H groups in total. The van der Waals surface area contributed by atoms with Gasteiger partial charge in [0, 0.05) is 25.3 Å². The summed E-state index contributed by atoms with van der Waals surface area (Å²) in [7, 11) is 0. The maximum Gasteiger partial charge on any atom is 0.407 e. The summed E-state index contributed by atoms with van der Waals surface area (Å²) in [4.78, 5) is 13.8. The summed E-state index contributed by atoms with van der Waals surface area (Å²) in [6.45, 7) is 6.74. The minimum atomic E-state index is -1.14. The van der Waals surface area contributed by atoms with Crippen LogP contribution in [0, 0.1) is 0 Å². The van der Waals surface area contributed by atoms with Crippen molar-refractivity contribution in [2.45, 2.75) is 57.5 Å². The molecule has 146 valence electrons. The summed E-state index contributed by atoms with van der Waals surface area (Å²) in [5.41, 5.74) is 0.979. The molecule has 2 unspecified atom stereocenters. The number of carbonyl (C=O) groups excluding carboxylic acids is 1. The monoisotopic (exact) mass is 366 g/mol. The highest BCUT2D eigenvalue weighted by Gasteiger charge is 2.22.